The molecule has 2 fully saturated rings. The van der Waals surface area contributed by atoms with Gasteiger partial charge in [0.2, 0.25) is 0 Å². The molecule has 1 aromatic carbocycles. The highest BCUT2D eigenvalue weighted by molar-refractivity contribution is 5.94. The normalized spacial score (nSPS) is 37.0. The third-order valence-corrected chi connectivity index (χ3v) is 8.24. The summed E-state index contributed by atoms with van der Waals surface area (Å²) in [6.45, 7) is 8.06. The number of aromatic hydroxyl groups is 2. The monoisotopic (exact) mass is 444 g/mol. The zero-order valence-corrected chi connectivity index (χ0v) is 19.5. The zero-order valence-electron chi connectivity index (χ0n) is 19.5. The smallest absolute Gasteiger partial charge is 0.342 e. The van der Waals surface area contributed by atoms with Crippen LogP contribution in [-0.2, 0) is 19.0 Å². The number of esters is 1. The van der Waals surface area contributed by atoms with Gasteiger partial charge in [-0.15, -0.1) is 0 Å². The highest BCUT2D eigenvalue weighted by Crippen LogP contribution is 2.70. The quantitative estimate of drug-likeness (QED) is 0.529. The summed E-state index contributed by atoms with van der Waals surface area (Å²) in [6.07, 6.45) is 3.47. The lowest BCUT2D eigenvalue weighted by Gasteiger charge is -2.66. The number of methoxy groups -OCH3 is 2. The van der Waals surface area contributed by atoms with Crippen LogP contribution in [0.5, 0.6) is 11.5 Å². The largest absolute Gasteiger partial charge is 0.508 e. The topological polar surface area (TPSA) is 102 Å². The second-order valence-electron chi connectivity index (χ2n) is 10.4. The van der Waals surface area contributed by atoms with Gasteiger partial charge in [0.05, 0.1) is 6.10 Å². The van der Waals surface area contributed by atoms with Crippen molar-refractivity contribution in [1.82, 2.24) is 0 Å². The first-order valence-electron chi connectivity index (χ1n) is 11.0. The van der Waals surface area contributed by atoms with Crippen molar-refractivity contribution in [3.63, 3.8) is 0 Å². The van der Waals surface area contributed by atoms with E-state index in [1.54, 1.807) is 21.1 Å². The first-order chi connectivity index (χ1) is 15.0. The molecule has 3 aliphatic carbocycles. The van der Waals surface area contributed by atoms with E-state index in [0.29, 0.717) is 17.6 Å². The van der Waals surface area contributed by atoms with Crippen LogP contribution >= 0.6 is 0 Å². The fraction of sp³-hybridized carbons (Fsp3) is 0.600. The number of aldehydes is 1. The summed E-state index contributed by atoms with van der Waals surface area (Å²) in [5.74, 6) is -0.938. The van der Waals surface area contributed by atoms with E-state index < -0.39 is 23.1 Å². The third kappa shape index (κ3) is 2.80. The number of carbonyl (C=O) groups excluding carboxylic acids is 2. The molecule has 0 bridgehead atoms. The number of aryl methyl sites for hydroxylation is 1. The maximum Gasteiger partial charge on any atom is 0.342 e. The van der Waals surface area contributed by atoms with Gasteiger partial charge in [0.25, 0.3) is 0 Å². The van der Waals surface area contributed by atoms with Crippen molar-refractivity contribution in [3.8, 4) is 11.5 Å². The highest BCUT2D eigenvalue weighted by Gasteiger charge is 2.75. The number of rotatable bonds is 5. The molecule has 0 radical (unpaired) electrons. The lowest BCUT2D eigenvalue weighted by atomic mass is 9.43. The van der Waals surface area contributed by atoms with Crippen molar-refractivity contribution in [2.45, 2.75) is 58.3 Å². The number of phenolic OH excluding ortho intramolecular Hbond substituents is 2. The standard InChI is InChI=1S/C25H32O7/c1-13-7-16(27)9-17(28)19(13)22(29)32-18-11-24(4)20-14(10-23(2,3)21(20)30-5)8-15(12-26)25(18,24)31-6/h7-9,12,14,18,20-21,27-28H,10-11H2,1-6H3/t14-,18-,20-,21-,24-,25+/m1/s1. The van der Waals surface area contributed by atoms with Crippen LogP contribution in [0, 0.1) is 29.6 Å². The van der Waals surface area contributed by atoms with Gasteiger partial charge in [-0.25, -0.2) is 4.79 Å². The summed E-state index contributed by atoms with van der Waals surface area (Å²) >= 11 is 0. The summed E-state index contributed by atoms with van der Waals surface area (Å²) in [5, 5.41) is 19.9. The van der Waals surface area contributed by atoms with Gasteiger partial charge in [-0.05, 0) is 42.7 Å². The van der Waals surface area contributed by atoms with Crippen molar-refractivity contribution < 1.29 is 34.0 Å². The van der Waals surface area contributed by atoms with Gasteiger partial charge in [0.15, 0.2) is 0 Å². The first kappa shape index (κ1) is 22.8. The SMILES string of the molecule is CO[C@@H]1[C@H]2[C@H](C=C(C=O)[C@]3(OC)[C@H](OC(=O)c4c(C)cc(O)cc4O)C[C@]23C)CC1(C)C. The van der Waals surface area contributed by atoms with Crippen molar-refractivity contribution in [1.29, 1.82) is 0 Å². The Morgan fingerprint density at radius 3 is 2.41 bits per heavy atom. The molecule has 32 heavy (non-hydrogen) atoms. The molecule has 0 unspecified atom stereocenters. The molecule has 4 rings (SSSR count). The Hall–Kier alpha value is -2.38. The molecule has 0 amide bonds. The van der Waals surface area contributed by atoms with Crippen LogP contribution in [-0.4, -0.2) is 54.5 Å². The number of hydrogen-bond donors (Lipinski definition) is 2. The molecule has 6 atom stereocenters. The molecule has 2 saturated carbocycles. The van der Waals surface area contributed by atoms with Crippen LogP contribution in [0.2, 0.25) is 0 Å². The van der Waals surface area contributed by atoms with E-state index in [0.717, 1.165) is 18.8 Å². The molecule has 7 heteroatoms. The second-order valence-corrected chi connectivity index (χ2v) is 10.4. The van der Waals surface area contributed by atoms with Crippen molar-refractivity contribution in [3.05, 3.63) is 34.9 Å². The van der Waals surface area contributed by atoms with Crippen molar-refractivity contribution >= 4 is 12.3 Å². The van der Waals surface area contributed by atoms with Gasteiger partial charge in [0, 0.05) is 37.2 Å². The van der Waals surface area contributed by atoms with Crippen molar-refractivity contribution in [2.24, 2.45) is 22.7 Å². The highest BCUT2D eigenvalue weighted by atomic mass is 16.6. The van der Waals surface area contributed by atoms with Crippen LogP contribution in [0.25, 0.3) is 0 Å². The molecule has 0 aliphatic heterocycles. The molecular formula is C25H32O7. The van der Waals surface area contributed by atoms with E-state index in [2.05, 4.69) is 20.8 Å². The molecular weight excluding hydrogens is 412 g/mol. The van der Waals surface area contributed by atoms with E-state index in [-0.39, 0.29) is 40.4 Å². The Bertz CT molecular complexity index is 973. The van der Waals surface area contributed by atoms with E-state index in [1.807, 2.05) is 6.08 Å². The molecule has 2 N–H and O–H groups in total. The average Bonchev–Trinajstić information content (AvgIpc) is 2.95. The number of phenols is 2. The number of benzene rings is 1. The van der Waals surface area contributed by atoms with Gasteiger partial charge in [-0.1, -0.05) is 26.8 Å². The van der Waals surface area contributed by atoms with E-state index in [4.69, 9.17) is 14.2 Å². The zero-order chi connectivity index (χ0) is 23.6. The maximum atomic E-state index is 13.0. The number of carbonyl (C=O) groups is 2. The predicted molar refractivity (Wildman–Crippen MR) is 116 cm³/mol. The molecule has 1 aromatic rings. The number of allylic oxidation sites excluding steroid dienone is 1. The Labute approximate surface area is 188 Å². The number of ether oxygens (including phenoxy) is 3. The Kier molecular flexibility index (Phi) is 5.21. The van der Waals surface area contributed by atoms with Crippen LogP contribution in [0.3, 0.4) is 0 Å². The van der Waals surface area contributed by atoms with Crippen LogP contribution < -0.4 is 0 Å². The van der Waals surface area contributed by atoms with E-state index in [1.165, 1.54) is 6.07 Å². The van der Waals surface area contributed by atoms with Gasteiger partial charge in [-0.2, -0.15) is 0 Å². The van der Waals surface area contributed by atoms with E-state index >= 15 is 0 Å². The van der Waals surface area contributed by atoms with Gasteiger partial charge >= 0.3 is 5.97 Å². The summed E-state index contributed by atoms with van der Waals surface area (Å²) < 4.78 is 17.9. The summed E-state index contributed by atoms with van der Waals surface area (Å²) in [5.41, 5.74) is -0.755. The molecule has 0 spiro atoms. The third-order valence-electron chi connectivity index (χ3n) is 8.24. The first-order valence-corrected chi connectivity index (χ1v) is 11.0. The Morgan fingerprint density at radius 2 is 1.84 bits per heavy atom. The second kappa shape index (κ2) is 7.32. The lowest BCUT2D eigenvalue weighted by Crippen LogP contribution is -2.74. The predicted octanol–water partition coefficient (Wildman–Crippen LogP) is 3.54. The fourth-order valence-electron chi connectivity index (χ4n) is 7.10. The average molecular weight is 445 g/mol. The van der Waals surface area contributed by atoms with E-state index in [9.17, 15) is 19.8 Å². The van der Waals surface area contributed by atoms with Crippen molar-refractivity contribution in [2.75, 3.05) is 14.2 Å². The Balaban J connectivity index is 1.73. The Morgan fingerprint density at radius 1 is 1.16 bits per heavy atom. The minimum Gasteiger partial charge on any atom is -0.508 e. The number of hydrogen-bond acceptors (Lipinski definition) is 7. The van der Waals surface area contributed by atoms with Gasteiger partial charge in [-0.3, -0.25) is 4.79 Å². The molecule has 3 aliphatic rings. The minimum absolute atomic E-state index is 0.00950. The molecule has 0 heterocycles. The van der Waals surface area contributed by atoms with Gasteiger partial charge in [0.1, 0.15) is 35.1 Å². The summed E-state index contributed by atoms with van der Waals surface area (Å²) in [6, 6.07) is 2.49. The number of fused-ring (bicyclic) bond motifs is 3. The summed E-state index contributed by atoms with van der Waals surface area (Å²) in [7, 11) is 3.26. The minimum atomic E-state index is -1.09. The molecule has 0 saturated heterocycles. The van der Waals surface area contributed by atoms with Crippen LogP contribution in [0.1, 0.15) is 49.5 Å². The molecule has 174 valence electrons. The summed E-state index contributed by atoms with van der Waals surface area (Å²) in [4.78, 5) is 25.2. The lowest BCUT2D eigenvalue weighted by molar-refractivity contribution is -0.270. The molecule has 0 aromatic heterocycles. The van der Waals surface area contributed by atoms with Crippen LogP contribution in [0.4, 0.5) is 0 Å². The fourth-order valence-corrected chi connectivity index (χ4v) is 7.10. The van der Waals surface area contributed by atoms with Gasteiger partial charge < -0.3 is 24.4 Å². The maximum absolute atomic E-state index is 13.0. The molecule has 7 nitrogen and oxygen atoms in total. The van der Waals surface area contributed by atoms with Crippen LogP contribution in [0.15, 0.2) is 23.8 Å².